The summed E-state index contributed by atoms with van der Waals surface area (Å²) in [6.45, 7) is 1.73. The van der Waals surface area contributed by atoms with Crippen LogP contribution >= 0.6 is 0 Å². The smallest absolute Gasteiger partial charge is 0.352 e. The van der Waals surface area contributed by atoms with Gasteiger partial charge in [-0.3, -0.25) is 4.79 Å². The Bertz CT molecular complexity index is 1020. The molecule has 152 valence electrons. The average molecular weight is 403 g/mol. The molecule has 0 aromatic heterocycles. The van der Waals surface area contributed by atoms with Crippen LogP contribution in [0.2, 0.25) is 0 Å². The minimum absolute atomic E-state index is 0.453. The van der Waals surface area contributed by atoms with E-state index in [0.717, 1.165) is 0 Å². The summed E-state index contributed by atoms with van der Waals surface area (Å²) in [6.07, 6.45) is -2.69. The molecule has 1 N–H and O–H groups in total. The van der Waals surface area contributed by atoms with Crippen LogP contribution in [0.5, 0.6) is 11.5 Å². The van der Waals surface area contributed by atoms with E-state index < -0.39 is 30.2 Å². The Labute approximate surface area is 174 Å². The van der Waals surface area contributed by atoms with Crippen LogP contribution in [0.4, 0.5) is 5.69 Å². The molecule has 4 rings (SSSR count). The number of hydrogen-bond acceptors (Lipinski definition) is 5. The van der Waals surface area contributed by atoms with E-state index in [1.165, 1.54) is 0 Å². The molecule has 0 fully saturated rings. The van der Waals surface area contributed by atoms with Crippen molar-refractivity contribution in [3.63, 3.8) is 0 Å². The molecule has 1 aliphatic heterocycles. The number of nitrogens with one attached hydrogen (secondary N) is 1. The van der Waals surface area contributed by atoms with Crippen LogP contribution < -0.4 is 14.8 Å². The second-order valence-electron chi connectivity index (χ2n) is 6.89. The van der Waals surface area contributed by atoms with Gasteiger partial charge in [0.15, 0.2) is 11.5 Å². The van der Waals surface area contributed by atoms with Gasteiger partial charge in [0, 0.05) is 11.3 Å². The van der Waals surface area contributed by atoms with E-state index >= 15 is 0 Å². The summed E-state index contributed by atoms with van der Waals surface area (Å²) < 4.78 is 17.2. The van der Waals surface area contributed by atoms with Crippen molar-refractivity contribution in [2.24, 2.45) is 0 Å². The molecule has 1 heterocycles. The first kappa shape index (κ1) is 19.5. The van der Waals surface area contributed by atoms with E-state index in [9.17, 15) is 9.59 Å². The van der Waals surface area contributed by atoms with Crippen molar-refractivity contribution in [3.05, 3.63) is 90.5 Å². The van der Waals surface area contributed by atoms with Crippen molar-refractivity contribution in [3.8, 4) is 11.5 Å². The molecule has 0 radical (unpaired) electrons. The zero-order valence-corrected chi connectivity index (χ0v) is 16.4. The van der Waals surface area contributed by atoms with Crippen molar-refractivity contribution >= 4 is 17.6 Å². The molecule has 0 unspecified atom stereocenters. The maximum atomic E-state index is 13.0. The maximum Gasteiger partial charge on any atom is 0.352 e. The van der Waals surface area contributed by atoms with Gasteiger partial charge in [0.05, 0.1) is 0 Å². The summed E-state index contributed by atoms with van der Waals surface area (Å²) in [5.41, 5.74) is 1.17. The maximum absolute atomic E-state index is 13.0. The molecule has 0 spiro atoms. The van der Waals surface area contributed by atoms with Crippen molar-refractivity contribution in [1.82, 2.24) is 0 Å². The molecule has 0 saturated carbocycles. The average Bonchev–Trinajstić information content (AvgIpc) is 2.78. The van der Waals surface area contributed by atoms with Gasteiger partial charge in [0.2, 0.25) is 12.2 Å². The second kappa shape index (κ2) is 8.69. The van der Waals surface area contributed by atoms with E-state index in [2.05, 4.69) is 5.32 Å². The van der Waals surface area contributed by atoms with Crippen molar-refractivity contribution in [2.75, 3.05) is 5.32 Å². The molecular formula is C24H21NO5. The van der Waals surface area contributed by atoms with Crippen LogP contribution in [0.3, 0.4) is 0 Å². The highest BCUT2D eigenvalue weighted by atomic mass is 16.6. The van der Waals surface area contributed by atoms with Crippen LogP contribution in [-0.2, 0) is 14.3 Å². The fourth-order valence-electron chi connectivity index (χ4n) is 3.19. The molecule has 30 heavy (non-hydrogen) atoms. The van der Waals surface area contributed by atoms with E-state index in [4.69, 9.17) is 14.2 Å². The van der Waals surface area contributed by atoms with E-state index in [1.54, 1.807) is 61.5 Å². The molecule has 6 heteroatoms. The lowest BCUT2D eigenvalue weighted by atomic mass is 10.1. The standard InChI is InChI=1S/C24H21NO5/c1-16-21(29-20-15-9-8-14-19(20)28-16)24(27)30-22(17-10-4-2-5-11-17)23(26)25-18-12-6-3-7-13-18/h2-16,21-22H,1H3,(H,25,26)/t16-,21+,22+/m0/s1. The van der Waals surface area contributed by atoms with Gasteiger partial charge in [-0.1, -0.05) is 60.7 Å². The Hall–Kier alpha value is -3.80. The van der Waals surface area contributed by atoms with Gasteiger partial charge >= 0.3 is 5.97 Å². The third-order valence-electron chi connectivity index (χ3n) is 4.69. The summed E-state index contributed by atoms with van der Waals surface area (Å²) in [6, 6.07) is 25.0. The van der Waals surface area contributed by atoms with Crippen LogP contribution in [0.1, 0.15) is 18.6 Å². The van der Waals surface area contributed by atoms with Crippen molar-refractivity contribution < 1.29 is 23.8 Å². The van der Waals surface area contributed by atoms with Gasteiger partial charge in [-0.15, -0.1) is 0 Å². The van der Waals surface area contributed by atoms with Gasteiger partial charge in [0.25, 0.3) is 5.91 Å². The summed E-state index contributed by atoms with van der Waals surface area (Å²) >= 11 is 0. The number of benzene rings is 3. The fourth-order valence-corrected chi connectivity index (χ4v) is 3.19. The van der Waals surface area contributed by atoms with Gasteiger partial charge in [-0.05, 0) is 31.2 Å². The first-order valence-corrected chi connectivity index (χ1v) is 9.65. The van der Waals surface area contributed by atoms with Crippen LogP contribution in [0.15, 0.2) is 84.9 Å². The Kier molecular flexibility index (Phi) is 5.66. The molecule has 3 aromatic rings. The van der Waals surface area contributed by atoms with Crippen LogP contribution in [0, 0.1) is 0 Å². The Morgan fingerprint density at radius 2 is 1.40 bits per heavy atom. The zero-order valence-electron chi connectivity index (χ0n) is 16.4. The molecule has 3 atom stereocenters. The number of hydrogen-bond donors (Lipinski definition) is 1. The van der Waals surface area contributed by atoms with E-state index in [-0.39, 0.29) is 0 Å². The van der Waals surface area contributed by atoms with Gasteiger partial charge in [-0.25, -0.2) is 4.79 Å². The SMILES string of the molecule is C[C@@H]1Oc2ccccc2O[C@H]1C(=O)O[C@@H](C(=O)Nc1ccccc1)c1ccccc1. The number of anilines is 1. The summed E-state index contributed by atoms with van der Waals surface area (Å²) in [7, 11) is 0. The predicted octanol–water partition coefficient (Wildman–Crippen LogP) is 4.14. The molecule has 1 aliphatic rings. The number of carbonyl (C=O) groups excluding carboxylic acids is 2. The minimum Gasteiger partial charge on any atom is -0.482 e. The highest BCUT2D eigenvalue weighted by Gasteiger charge is 2.38. The second-order valence-corrected chi connectivity index (χ2v) is 6.89. The minimum atomic E-state index is -1.13. The third kappa shape index (κ3) is 4.27. The summed E-state index contributed by atoms with van der Waals surface area (Å²) in [4.78, 5) is 25.9. The van der Waals surface area contributed by atoms with E-state index in [1.807, 2.05) is 30.3 Å². The summed E-state index contributed by atoms with van der Waals surface area (Å²) in [5, 5.41) is 2.79. The van der Waals surface area contributed by atoms with Crippen molar-refractivity contribution in [2.45, 2.75) is 25.2 Å². The topological polar surface area (TPSA) is 73.9 Å². The molecular weight excluding hydrogens is 382 g/mol. The van der Waals surface area contributed by atoms with Gasteiger partial charge < -0.3 is 19.5 Å². The lowest BCUT2D eigenvalue weighted by Gasteiger charge is -2.31. The number of amides is 1. The number of esters is 1. The Morgan fingerprint density at radius 3 is 2.07 bits per heavy atom. The molecule has 1 amide bonds. The largest absolute Gasteiger partial charge is 0.482 e. The lowest BCUT2D eigenvalue weighted by molar-refractivity contribution is -0.166. The quantitative estimate of drug-likeness (QED) is 0.648. The Balaban J connectivity index is 1.54. The fraction of sp³-hybridized carbons (Fsp3) is 0.167. The number of fused-ring (bicyclic) bond motifs is 1. The first-order chi connectivity index (χ1) is 14.6. The monoisotopic (exact) mass is 403 g/mol. The normalized spacial score (nSPS) is 18.2. The molecule has 3 aromatic carbocycles. The number of ether oxygens (including phenoxy) is 3. The molecule has 0 aliphatic carbocycles. The highest BCUT2D eigenvalue weighted by molar-refractivity contribution is 5.96. The Morgan fingerprint density at radius 1 is 0.833 bits per heavy atom. The number of carbonyl (C=O) groups is 2. The molecule has 6 nitrogen and oxygen atoms in total. The van der Waals surface area contributed by atoms with Gasteiger partial charge in [-0.2, -0.15) is 0 Å². The first-order valence-electron chi connectivity index (χ1n) is 9.65. The highest BCUT2D eigenvalue weighted by Crippen LogP contribution is 2.34. The molecule has 0 bridgehead atoms. The predicted molar refractivity (Wildman–Crippen MR) is 111 cm³/mol. The van der Waals surface area contributed by atoms with E-state index in [0.29, 0.717) is 22.7 Å². The van der Waals surface area contributed by atoms with Gasteiger partial charge in [0.1, 0.15) is 6.10 Å². The zero-order chi connectivity index (χ0) is 20.9. The van der Waals surface area contributed by atoms with Crippen molar-refractivity contribution in [1.29, 1.82) is 0 Å². The number of para-hydroxylation sites is 3. The van der Waals surface area contributed by atoms with Crippen LogP contribution in [0.25, 0.3) is 0 Å². The molecule has 0 saturated heterocycles. The summed E-state index contributed by atoms with van der Waals surface area (Å²) in [5.74, 6) is -0.0994. The number of rotatable bonds is 5. The van der Waals surface area contributed by atoms with Crippen LogP contribution in [-0.4, -0.2) is 24.1 Å². The third-order valence-corrected chi connectivity index (χ3v) is 4.69. The lowest BCUT2D eigenvalue weighted by Crippen LogP contribution is -2.45.